The van der Waals surface area contributed by atoms with Crippen LogP contribution in [0.1, 0.15) is 30.4 Å². The second-order valence-corrected chi connectivity index (χ2v) is 5.38. The minimum atomic E-state index is 0.416. The molecule has 0 radical (unpaired) electrons. The van der Waals surface area contributed by atoms with Crippen LogP contribution in [0.4, 0.5) is 0 Å². The van der Waals surface area contributed by atoms with Gasteiger partial charge in [-0.3, -0.25) is 4.90 Å². The van der Waals surface area contributed by atoms with E-state index in [1.54, 1.807) is 6.07 Å². The fourth-order valence-electron chi connectivity index (χ4n) is 2.68. The maximum atomic E-state index is 9.90. The first-order chi connectivity index (χ1) is 8.66. The summed E-state index contributed by atoms with van der Waals surface area (Å²) in [5.74, 6) is 0.416. The number of hydrogen-bond acceptors (Lipinski definition) is 3. The molecule has 0 bridgehead atoms. The molecule has 0 spiro atoms. The Labute approximate surface area is 110 Å². The summed E-state index contributed by atoms with van der Waals surface area (Å²) in [6, 6.07) is 6.46. The first kappa shape index (κ1) is 13.4. The highest BCUT2D eigenvalue weighted by Gasteiger charge is 2.17. The molecule has 100 valence electrons. The summed E-state index contributed by atoms with van der Waals surface area (Å²) in [5, 5.41) is 13.3. The Hall–Kier alpha value is -1.06. The van der Waals surface area contributed by atoms with Crippen molar-refractivity contribution in [3.63, 3.8) is 0 Å². The molecule has 1 aromatic rings. The molecule has 0 saturated carbocycles. The number of phenols is 1. The Morgan fingerprint density at radius 3 is 3.00 bits per heavy atom. The number of rotatable bonds is 3. The van der Waals surface area contributed by atoms with E-state index in [2.05, 4.69) is 30.3 Å². The third kappa shape index (κ3) is 3.47. The van der Waals surface area contributed by atoms with E-state index in [0.717, 1.165) is 25.2 Å². The average molecular weight is 248 g/mol. The Kier molecular flexibility index (Phi) is 4.61. The number of hydrogen-bond donors (Lipinski definition) is 2. The molecule has 1 aromatic carbocycles. The van der Waals surface area contributed by atoms with Gasteiger partial charge in [-0.25, -0.2) is 0 Å². The zero-order valence-electron chi connectivity index (χ0n) is 11.4. The molecule has 1 heterocycles. The summed E-state index contributed by atoms with van der Waals surface area (Å²) in [7, 11) is 2.16. The molecule has 1 atom stereocenters. The van der Waals surface area contributed by atoms with Gasteiger partial charge in [-0.2, -0.15) is 0 Å². The van der Waals surface area contributed by atoms with Gasteiger partial charge in [0, 0.05) is 18.2 Å². The summed E-state index contributed by atoms with van der Waals surface area (Å²) in [4.78, 5) is 2.38. The highest BCUT2D eigenvalue weighted by atomic mass is 16.3. The van der Waals surface area contributed by atoms with Gasteiger partial charge >= 0.3 is 0 Å². The zero-order valence-corrected chi connectivity index (χ0v) is 11.4. The molecule has 0 aromatic heterocycles. The Morgan fingerprint density at radius 2 is 2.17 bits per heavy atom. The lowest BCUT2D eigenvalue weighted by Crippen LogP contribution is -2.32. The van der Waals surface area contributed by atoms with Gasteiger partial charge in [0.1, 0.15) is 5.75 Å². The van der Waals surface area contributed by atoms with Crippen LogP contribution in [0.25, 0.3) is 0 Å². The highest BCUT2D eigenvalue weighted by Crippen LogP contribution is 2.22. The van der Waals surface area contributed by atoms with Crippen LogP contribution in [0.5, 0.6) is 5.75 Å². The van der Waals surface area contributed by atoms with Crippen molar-refractivity contribution >= 4 is 0 Å². The predicted molar refractivity (Wildman–Crippen MR) is 74.8 cm³/mol. The first-order valence-corrected chi connectivity index (χ1v) is 6.86. The number of nitrogens with zero attached hydrogens (tertiary/aromatic N) is 1. The fraction of sp³-hybridized carbons (Fsp3) is 0.600. The van der Waals surface area contributed by atoms with Crippen molar-refractivity contribution in [2.75, 3.05) is 20.1 Å². The van der Waals surface area contributed by atoms with Gasteiger partial charge in [-0.15, -0.1) is 0 Å². The number of aromatic hydroxyl groups is 1. The third-order valence-electron chi connectivity index (χ3n) is 3.82. The number of phenolic OH excluding ortho intramolecular Hbond substituents is 1. The largest absolute Gasteiger partial charge is 0.508 e. The lowest BCUT2D eigenvalue weighted by Gasteiger charge is -2.27. The van der Waals surface area contributed by atoms with E-state index in [1.165, 1.54) is 24.8 Å². The molecule has 3 heteroatoms. The Bertz CT molecular complexity index is 384. The monoisotopic (exact) mass is 248 g/mol. The summed E-state index contributed by atoms with van der Waals surface area (Å²) < 4.78 is 0. The van der Waals surface area contributed by atoms with E-state index in [-0.39, 0.29) is 0 Å². The topological polar surface area (TPSA) is 35.5 Å². The minimum absolute atomic E-state index is 0.416. The van der Waals surface area contributed by atoms with Crippen LogP contribution in [0.15, 0.2) is 18.2 Å². The van der Waals surface area contributed by atoms with E-state index >= 15 is 0 Å². The quantitative estimate of drug-likeness (QED) is 0.861. The second-order valence-electron chi connectivity index (χ2n) is 5.38. The number of aryl methyl sites for hydroxylation is 1. The molecule has 0 amide bonds. The van der Waals surface area contributed by atoms with Crippen molar-refractivity contribution in [3.8, 4) is 5.75 Å². The maximum Gasteiger partial charge on any atom is 0.120 e. The number of nitrogens with one attached hydrogen (secondary N) is 1. The van der Waals surface area contributed by atoms with E-state index in [1.807, 2.05) is 6.07 Å². The first-order valence-electron chi connectivity index (χ1n) is 6.86. The molecular weight excluding hydrogens is 224 g/mol. The van der Waals surface area contributed by atoms with Crippen LogP contribution in [-0.4, -0.2) is 36.2 Å². The Balaban J connectivity index is 2.00. The molecule has 2 N–H and O–H groups in total. The highest BCUT2D eigenvalue weighted by molar-refractivity contribution is 5.35. The van der Waals surface area contributed by atoms with Gasteiger partial charge in [-0.05, 0) is 52.4 Å². The minimum Gasteiger partial charge on any atom is -0.508 e. The molecule has 0 aliphatic carbocycles. The van der Waals surface area contributed by atoms with E-state index < -0.39 is 0 Å². The van der Waals surface area contributed by atoms with Crippen LogP contribution in [0, 0.1) is 6.92 Å². The molecule has 18 heavy (non-hydrogen) atoms. The van der Waals surface area contributed by atoms with E-state index in [9.17, 15) is 5.11 Å². The van der Waals surface area contributed by atoms with Crippen LogP contribution >= 0.6 is 0 Å². The molecule has 1 fully saturated rings. The van der Waals surface area contributed by atoms with Crippen molar-refractivity contribution in [2.24, 2.45) is 0 Å². The fourth-order valence-corrected chi connectivity index (χ4v) is 2.68. The number of benzene rings is 1. The smallest absolute Gasteiger partial charge is 0.120 e. The van der Waals surface area contributed by atoms with Gasteiger partial charge in [-0.1, -0.05) is 17.7 Å². The van der Waals surface area contributed by atoms with Gasteiger partial charge in [0.05, 0.1) is 0 Å². The van der Waals surface area contributed by atoms with Crippen molar-refractivity contribution < 1.29 is 5.11 Å². The molecule has 2 rings (SSSR count). The predicted octanol–water partition coefficient (Wildman–Crippen LogP) is 2.27. The standard InChI is InChI=1S/C15H24N2O/c1-12-5-6-15(18)13(10-12)11-17(2)14-4-3-8-16-9-7-14/h5-6,10,14,16,18H,3-4,7-9,11H2,1-2H3. The van der Waals surface area contributed by atoms with Crippen LogP contribution in [0.2, 0.25) is 0 Å². The summed E-state index contributed by atoms with van der Waals surface area (Å²) in [6.07, 6.45) is 3.69. The molecule has 3 nitrogen and oxygen atoms in total. The lowest BCUT2D eigenvalue weighted by molar-refractivity contribution is 0.214. The Morgan fingerprint density at radius 1 is 1.33 bits per heavy atom. The third-order valence-corrected chi connectivity index (χ3v) is 3.82. The normalized spacial score (nSPS) is 20.9. The average Bonchev–Trinajstić information content (AvgIpc) is 2.62. The van der Waals surface area contributed by atoms with Crippen molar-refractivity contribution in [1.29, 1.82) is 0 Å². The van der Waals surface area contributed by atoms with Crippen LogP contribution < -0.4 is 5.32 Å². The van der Waals surface area contributed by atoms with Crippen molar-refractivity contribution in [2.45, 2.75) is 38.8 Å². The zero-order chi connectivity index (χ0) is 13.0. The van der Waals surface area contributed by atoms with E-state index in [0.29, 0.717) is 11.8 Å². The van der Waals surface area contributed by atoms with E-state index in [4.69, 9.17) is 0 Å². The van der Waals surface area contributed by atoms with Gasteiger partial charge in [0.2, 0.25) is 0 Å². The second kappa shape index (κ2) is 6.21. The maximum absolute atomic E-state index is 9.90. The summed E-state index contributed by atoms with van der Waals surface area (Å²) >= 11 is 0. The lowest BCUT2D eigenvalue weighted by atomic mass is 10.1. The van der Waals surface area contributed by atoms with Gasteiger partial charge in [0.15, 0.2) is 0 Å². The SMILES string of the molecule is Cc1ccc(O)c(CN(C)C2CCCNCC2)c1. The van der Waals surface area contributed by atoms with Crippen molar-refractivity contribution in [1.82, 2.24) is 10.2 Å². The van der Waals surface area contributed by atoms with Crippen LogP contribution in [0.3, 0.4) is 0 Å². The summed E-state index contributed by atoms with van der Waals surface area (Å²) in [6.45, 7) is 5.14. The summed E-state index contributed by atoms with van der Waals surface area (Å²) in [5.41, 5.74) is 2.24. The van der Waals surface area contributed by atoms with Gasteiger partial charge in [0.25, 0.3) is 0 Å². The molecule has 1 aliphatic heterocycles. The molecule has 1 aliphatic rings. The van der Waals surface area contributed by atoms with Crippen LogP contribution in [-0.2, 0) is 6.54 Å². The molecule has 1 unspecified atom stereocenters. The molecular formula is C15H24N2O. The van der Waals surface area contributed by atoms with Gasteiger partial charge < -0.3 is 10.4 Å². The van der Waals surface area contributed by atoms with Crippen molar-refractivity contribution in [3.05, 3.63) is 29.3 Å². The molecule has 1 saturated heterocycles.